The molecule has 0 spiro atoms. The second-order valence-electron chi connectivity index (χ2n) is 7.54. The fourth-order valence-electron chi connectivity index (χ4n) is 4.70. The van der Waals surface area contributed by atoms with Crippen molar-refractivity contribution in [2.24, 2.45) is 11.8 Å². The zero-order valence-corrected chi connectivity index (χ0v) is 17.4. The Morgan fingerprint density at radius 1 is 0.862 bits per heavy atom. The predicted octanol–water partition coefficient (Wildman–Crippen LogP) is 3.65. The standard InChI is InChI=1S/C23H28O6/c1-24-11-16-7-15-9-21-22(29-13-28-21)10-17(15)23(18(16)12-25-2)14-5-6-19(26-3)20(8-14)27-4/h5-6,8-10,16,18,23H,7,11-13H2,1-4H3/t16-,18-,23-/m1/s1. The van der Waals surface area contributed by atoms with Crippen LogP contribution in [-0.4, -0.2) is 48.4 Å². The molecule has 29 heavy (non-hydrogen) atoms. The average molecular weight is 400 g/mol. The first-order valence-corrected chi connectivity index (χ1v) is 9.82. The third kappa shape index (κ3) is 3.63. The van der Waals surface area contributed by atoms with Crippen molar-refractivity contribution in [2.45, 2.75) is 12.3 Å². The summed E-state index contributed by atoms with van der Waals surface area (Å²) in [5.41, 5.74) is 3.67. The molecule has 1 aliphatic heterocycles. The highest BCUT2D eigenvalue weighted by atomic mass is 16.7. The summed E-state index contributed by atoms with van der Waals surface area (Å²) in [6, 6.07) is 10.4. The molecule has 3 atom stereocenters. The van der Waals surface area contributed by atoms with Crippen LogP contribution in [0, 0.1) is 11.8 Å². The number of ether oxygens (including phenoxy) is 6. The van der Waals surface area contributed by atoms with Gasteiger partial charge in [0.05, 0.1) is 20.8 Å². The third-order valence-corrected chi connectivity index (χ3v) is 5.99. The van der Waals surface area contributed by atoms with Gasteiger partial charge in [-0.3, -0.25) is 0 Å². The fraction of sp³-hybridized carbons (Fsp3) is 0.478. The van der Waals surface area contributed by atoms with Crippen LogP contribution >= 0.6 is 0 Å². The summed E-state index contributed by atoms with van der Waals surface area (Å²) in [5, 5.41) is 0. The zero-order valence-electron chi connectivity index (χ0n) is 17.4. The molecule has 6 nitrogen and oxygen atoms in total. The fourth-order valence-corrected chi connectivity index (χ4v) is 4.70. The maximum atomic E-state index is 5.68. The van der Waals surface area contributed by atoms with E-state index in [0.29, 0.717) is 19.1 Å². The molecule has 0 N–H and O–H groups in total. The zero-order chi connectivity index (χ0) is 20.4. The van der Waals surface area contributed by atoms with Crippen LogP contribution < -0.4 is 18.9 Å². The molecule has 2 aromatic rings. The molecule has 156 valence electrons. The van der Waals surface area contributed by atoms with Crippen LogP contribution in [0.4, 0.5) is 0 Å². The lowest BCUT2D eigenvalue weighted by molar-refractivity contribution is 0.0566. The van der Waals surface area contributed by atoms with E-state index in [9.17, 15) is 0 Å². The maximum Gasteiger partial charge on any atom is 0.231 e. The minimum absolute atomic E-state index is 0.119. The lowest BCUT2D eigenvalue weighted by Crippen LogP contribution is -2.36. The summed E-state index contributed by atoms with van der Waals surface area (Å²) >= 11 is 0. The minimum Gasteiger partial charge on any atom is -0.493 e. The third-order valence-electron chi connectivity index (χ3n) is 5.99. The Kier molecular flexibility index (Phi) is 5.83. The first-order valence-electron chi connectivity index (χ1n) is 9.82. The van der Waals surface area contributed by atoms with Gasteiger partial charge in [0.25, 0.3) is 0 Å². The van der Waals surface area contributed by atoms with Gasteiger partial charge in [0.1, 0.15) is 0 Å². The Balaban J connectivity index is 1.86. The Morgan fingerprint density at radius 3 is 2.28 bits per heavy atom. The van der Waals surface area contributed by atoms with Crippen molar-refractivity contribution in [2.75, 3.05) is 48.4 Å². The number of hydrogen-bond acceptors (Lipinski definition) is 6. The van der Waals surface area contributed by atoms with Crippen LogP contribution in [0.2, 0.25) is 0 Å². The minimum atomic E-state index is 0.119. The van der Waals surface area contributed by atoms with Crippen molar-refractivity contribution in [3.8, 4) is 23.0 Å². The largest absolute Gasteiger partial charge is 0.493 e. The summed E-state index contributed by atoms with van der Waals surface area (Å²) in [5.74, 6) is 3.75. The molecule has 4 rings (SSSR count). The van der Waals surface area contributed by atoms with Crippen LogP contribution in [0.1, 0.15) is 22.6 Å². The molecule has 1 aliphatic carbocycles. The molecule has 2 aliphatic rings. The van der Waals surface area contributed by atoms with Gasteiger partial charge in [-0.1, -0.05) is 6.07 Å². The number of rotatable bonds is 7. The maximum absolute atomic E-state index is 5.68. The first kappa shape index (κ1) is 19.9. The number of methoxy groups -OCH3 is 4. The van der Waals surface area contributed by atoms with E-state index >= 15 is 0 Å². The van der Waals surface area contributed by atoms with Gasteiger partial charge in [-0.25, -0.2) is 0 Å². The van der Waals surface area contributed by atoms with Crippen LogP contribution in [0.3, 0.4) is 0 Å². The monoisotopic (exact) mass is 400 g/mol. The van der Waals surface area contributed by atoms with Gasteiger partial charge < -0.3 is 28.4 Å². The van der Waals surface area contributed by atoms with Gasteiger partial charge in [0.15, 0.2) is 23.0 Å². The van der Waals surface area contributed by atoms with Gasteiger partial charge >= 0.3 is 0 Å². The molecule has 0 radical (unpaired) electrons. The van der Waals surface area contributed by atoms with Gasteiger partial charge in [-0.2, -0.15) is 0 Å². The summed E-state index contributed by atoms with van der Waals surface area (Å²) in [6.45, 7) is 1.58. The molecule has 0 unspecified atom stereocenters. The quantitative estimate of drug-likeness (QED) is 0.707. The van der Waals surface area contributed by atoms with Crippen molar-refractivity contribution in [3.63, 3.8) is 0 Å². The molecule has 1 heterocycles. The lowest BCUT2D eigenvalue weighted by atomic mass is 9.67. The normalized spacial score (nSPS) is 22.3. The highest BCUT2D eigenvalue weighted by Gasteiger charge is 2.39. The number of benzene rings is 2. The average Bonchev–Trinajstić information content (AvgIpc) is 3.20. The second kappa shape index (κ2) is 8.51. The van der Waals surface area contributed by atoms with Gasteiger partial charge in [0, 0.05) is 26.7 Å². The van der Waals surface area contributed by atoms with E-state index in [0.717, 1.165) is 35.0 Å². The summed E-state index contributed by atoms with van der Waals surface area (Å²) in [4.78, 5) is 0. The van der Waals surface area contributed by atoms with E-state index < -0.39 is 0 Å². The molecule has 0 fully saturated rings. The molecule has 0 aromatic heterocycles. The van der Waals surface area contributed by atoms with Crippen LogP contribution in [0.15, 0.2) is 30.3 Å². The Hall–Kier alpha value is -2.44. The van der Waals surface area contributed by atoms with Gasteiger partial charge in [-0.05, 0) is 59.2 Å². The molecule has 0 amide bonds. The molecular weight excluding hydrogens is 372 g/mol. The highest BCUT2D eigenvalue weighted by molar-refractivity contribution is 5.55. The van der Waals surface area contributed by atoms with Crippen LogP contribution in [-0.2, 0) is 15.9 Å². The molecular formula is C23H28O6. The summed E-state index contributed by atoms with van der Waals surface area (Å²) < 4.78 is 33.5. The predicted molar refractivity (Wildman–Crippen MR) is 108 cm³/mol. The Morgan fingerprint density at radius 2 is 1.59 bits per heavy atom. The van der Waals surface area contributed by atoms with E-state index in [2.05, 4.69) is 24.3 Å². The molecule has 0 bridgehead atoms. The molecule has 0 saturated heterocycles. The van der Waals surface area contributed by atoms with Crippen molar-refractivity contribution < 1.29 is 28.4 Å². The first-order chi connectivity index (χ1) is 14.2. The molecule has 2 aromatic carbocycles. The van der Waals surface area contributed by atoms with Crippen molar-refractivity contribution >= 4 is 0 Å². The van der Waals surface area contributed by atoms with Crippen molar-refractivity contribution in [1.82, 2.24) is 0 Å². The summed E-state index contributed by atoms with van der Waals surface area (Å²) in [7, 11) is 6.82. The summed E-state index contributed by atoms with van der Waals surface area (Å²) in [6.07, 6.45) is 0.914. The smallest absolute Gasteiger partial charge is 0.231 e. The topological polar surface area (TPSA) is 55.4 Å². The van der Waals surface area contributed by atoms with E-state index in [1.165, 1.54) is 11.1 Å². The van der Waals surface area contributed by atoms with Crippen molar-refractivity contribution in [3.05, 3.63) is 47.0 Å². The lowest BCUT2D eigenvalue weighted by Gasteiger charge is -2.39. The SMILES string of the molecule is COC[C@H]1Cc2cc3c(cc2[C@@H](c2ccc(OC)c(OC)c2)[C@@H]1COC)OCO3. The van der Waals surface area contributed by atoms with E-state index in [1.54, 1.807) is 28.4 Å². The van der Waals surface area contributed by atoms with E-state index in [-0.39, 0.29) is 18.6 Å². The second-order valence-corrected chi connectivity index (χ2v) is 7.54. The highest BCUT2D eigenvalue weighted by Crippen LogP contribution is 2.49. The number of hydrogen-bond donors (Lipinski definition) is 0. The van der Waals surface area contributed by atoms with Crippen LogP contribution in [0.25, 0.3) is 0 Å². The van der Waals surface area contributed by atoms with E-state index in [1.807, 2.05) is 6.07 Å². The molecule has 0 saturated carbocycles. The Bertz CT molecular complexity index is 865. The molecule has 6 heteroatoms. The van der Waals surface area contributed by atoms with Gasteiger partial charge in [0.2, 0.25) is 6.79 Å². The van der Waals surface area contributed by atoms with Crippen molar-refractivity contribution in [1.29, 1.82) is 0 Å². The van der Waals surface area contributed by atoms with E-state index in [4.69, 9.17) is 28.4 Å². The number of fused-ring (bicyclic) bond motifs is 2. The Labute approximate surface area is 171 Å². The van der Waals surface area contributed by atoms with Crippen LogP contribution in [0.5, 0.6) is 23.0 Å². The van der Waals surface area contributed by atoms with Gasteiger partial charge in [-0.15, -0.1) is 0 Å².